The van der Waals surface area contributed by atoms with E-state index in [9.17, 15) is 15.0 Å². The lowest BCUT2D eigenvalue weighted by molar-refractivity contribution is 0.175. The van der Waals surface area contributed by atoms with Crippen molar-refractivity contribution >= 4 is 22.0 Å². The predicted octanol–water partition coefficient (Wildman–Crippen LogP) is 5.23. The highest BCUT2D eigenvalue weighted by Gasteiger charge is 2.21. The monoisotopic (exact) mass is 603 g/mol. The van der Waals surface area contributed by atoms with Crippen molar-refractivity contribution in [3.8, 4) is 34.2 Å². The quantitative estimate of drug-likeness (QED) is 0.240. The van der Waals surface area contributed by atoms with Crippen LogP contribution in [0.25, 0.3) is 44.6 Å². The highest BCUT2D eigenvalue weighted by molar-refractivity contribution is 5.84. The zero-order chi connectivity index (χ0) is 31.1. The summed E-state index contributed by atoms with van der Waals surface area (Å²) in [5, 5.41) is 20.1. The van der Waals surface area contributed by atoms with Gasteiger partial charge in [-0.3, -0.25) is 14.7 Å². The smallest absolute Gasteiger partial charge is 0.280 e. The Morgan fingerprint density at radius 1 is 1.00 bits per heavy atom. The van der Waals surface area contributed by atoms with Crippen LogP contribution in [-0.4, -0.2) is 60.4 Å². The van der Waals surface area contributed by atoms with E-state index in [0.717, 1.165) is 58.3 Å². The van der Waals surface area contributed by atoms with Crippen LogP contribution in [0.15, 0.2) is 82.4 Å². The largest absolute Gasteiger partial charge is 0.437 e. The number of aliphatic hydroxyl groups excluding tert-OH is 2. The molecule has 4 aromatic heterocycles. The van der Waals surface area contributed by atoms with E-state index in [2.05, 4.69) is 20.9 Å². The Morgan fingerprint density at radius 2 is 1.80 bits per heavy atom. The summed E-state index contributed by atoms with van der Waals surface area (Å²) < 4.78 is 13.9. The van der Waals surface area contributed by atoms with Crippen molar-refractivity contribution in [3.05, 3.63) is 100 Å². The topological polar surface area (TPSA) is 127 Å². The first-order valence-electron chi connectivity index (χ1n) is 15.0. The van der Waals surface area contributed by atoms with E-state index in [4.69, 9.17) is 14.1 Å². The van der Waals surface area contributed by atoms with E-state index < -0.39 is 0 Å². The first-order chi connectivity index (χ1) is 21.9. The van der Waals surface area contributed by atoms with Gasteiger partial charge in [-0.25, -0.2) is 9.97 Å². The minimum absolute atomic E-state index is 0.140. The Bertz CT molecular complexity index is 2100. The molecule has 0 aliphatic carbocycles. The number of nitrogens with zero attached hydrogens (tertiary/aromatic N) is 5. The lowest BCUT2D eigenvalue weighted by Crippen LogP contribution is -2.21. The van der Waals surface area contributed by atoms with Crippen LogP contribution in [0.2, 0.25) is 0 Å². The van der Waals surface area contributed by atoms with Gasteiger partial charge in [0.15, 0.2) is 11.1 Å². The Morgan fingerprint density at radius 3 is 2.60 bits per heavy atom. The fourth-order valence-corrected chi connectivity index (χ4v) is 6.09. The molecule has 1 saturated heterocycles. The zero-order valence-corrected chi connectivity index (χ0v) is 25.1. The van der Waals surface area contributed by atoms with E-state index in [1.54, 1.807) is 18.5 Å². The zero-order valence-electron chi connectivity index (χ0n) is 25.1. The molecule has 5 heterocycles. The molecule has 1 fully saturated rings. The number of benzene rings is 2. The third-order valence-electron chi connectivity index (χ3n) is 8.48. The second-order valence-electron chi connectivity index (χ2n) is 11.5. The number of ether oxygens (including phenoxy) is 1. The van der Waals surface area contributed by atoms with Crippen molar-refractivity contribution in [2.24, 2.45) is 0 Å². The highest BCUT2D eigenvalue weighted by Crippen LogP contribution is 2.38. The number of fused-ring (bicyclic) bond motifs is 2. The van der Waals surface area contributed by atoms with Crippen LogP contribution in [0.1, 0.15) is 23.1 Å². The average Bonchev–Trinajstić information content (AvgIpc) is 3.66. The molecule has 2 N–H and O–H groups in total. The Kier molecular flexibility index (Phi) is 7.62. The number of pyridine rings is 3. The van der Waals surface area contributed by atoms with E-state index >= 15 is 0 Å². The van der Waals surface area contributed by atoms with Crippen LogP contribution in [0, 0.1) is 13.8 Å². The van der Waals surface area contributed by atoms with Crippen molar-refractivity contribution in [2.45, 2.75) is 39.5 Å². The molecule has 0 amide bonds. The number of aliphatic hydroxyl groups is 2. The summed E-state index contributed by atoms with van der Waals surface area (Å²) in [6, 6.07) is 17.6. The number of aromatic nitrogens is 4. The van der Waals surface area contributed by atoms with Crippen molar-refractivity contribution < 1.29 is 19.4 Å². The molecule has 6 aromatic rings. The van der Waals surface area contributed by atoms with Gasteiger partial charge in [-0.2, -0.15) is 0 Å². The molecule has 1 atom stereocenters. The van der Waals surface area contributed by atoms with Crippen LogP contribution < -0.4 is 10.3 Å². The van der Waals surface area contributed by atoms with Crippen molar-refractivity contribution in [2.75, 3.05) is 19.7 Å². The molecule has 1 aliphatic rings. The summed E-state index contributed by atoms with van der Waals surface area (Å²) >= 11 is 0. The second-order valence-corrected chi connectivity index (χ2v) is 11.5. The molecule has 10 nitrogen and oxygen atoms in total. The fourth-order valence-electron chi connectivity index (χ4n) is 6.09. The third kappa shape index (κ3) is 5.48. The van der Waals surface area contributed by atoms with E-state index in [0.29, 0.717) is 35.2 Å². The molecule has 2 aromatic carbocycles. The van der Waals surface area contributed by atoms with Gasteiger partial charge in [0.1, 0.15) is 11.3 Å². The molecule has 228 valence electrons. The van der Waals surface area contributed by atoms with Gasteiger partial charge in [0.25, 0.3) is 5.56 Å². The van der Waals surface area contributed by atoms with Gasteiger partial charge in [0, 0.05) is 55.7 Å². The van der Waals surface area contributed by atoms with Crippen LogP contribution >= 0.6 is 0 Å². The summed E-state index contributed by atoms with van der Waals surface area (Å²) in [7, 11) is 0. The molecule has 0 radical (unpaired) electrons. The fraction of sp³-hybridized carbons (Fsp3) is 0.257. The number of rotatable bonds is 8. The predicted molar refractivity (Wildman–Crippen MR) is 171 cm³/mol. The van der Waals surface area contributed by atoms with Crippen molar-refractivity contribution in [1.29, 1.82) is 0 Å². The maximum atomic E-state index is 12.8. The Hall–Kier alpha value is -4.90. The first-order valence-corrected chi connectivity index (χ1v) is 15.0. The molecule has 0 unspecified atom stereocenters. The van der Waals surface area contributed by atoms with E-state index in [1.165, 1.54) is 4.57 Å². The maximum absolute atomic E-state index is 12.8. The Labute approximate surface area is 259 Å². The van der Waals surface area contributed by atoms with Crippen LogP contribution in [0.4, 0.5) is 0 Å². The van der Waals surface area contributed by atoms with Gasteiger partial charge in [0.2, 0.25) is 11.8 Å². The maximum Gasteiger partial charge on any atom is 0.280 e. The number of hydrogen-bond acceptors (Lipinski definition) is 9. The number of likely N-dealkylation sites (tertiary alicyclic amines) is 1. The number of hydrogen-bond donors (Lipinski definition) is 2. The average molecular weight is 604 g/mol. The molecule has 7 rings (SSSR count). The SMILES string of the molecule is Cc1c(Oc2nccc3cc(CN4CC[C@@H](O)C4)cnc23)cccc1-c1cccc(-c2nc3c(=O)n(CCO)ccc3o2)c1C. The van der Waals surface area contributed by atoms with Gasteiger partial charge < -0.3 is 23.9 Å². The lowest BCUT2D eigenvalue weighted by atomic mass is 9.93. The number of oxazole rings is 1. The summed E-state index contributed by atoms with van der Waals surface area (Å²) in [4.78, 5) is 28.9. The molecular formula is C35H33N5O5. The van der Waals surface area contributed by atoms with E-state index in [1.807, 2.05) is 62.5 Å². The van der Waals surface area contributed by atoms with Gasteiger partial charge in [0.05, 0.1) is 12.7 Å². The molecule has 1 aliphatic heterocycles. The van der Waals surface area contributed by atoms with Crippen LogP contribution in [0.3, 0.4) is 0 Å². The molecule has 45 heavy (non-hydrogen) atoms. The van der Waals surface area contributed by atoms with Crippen LogP contribution in [0.5, 0.6) is 11.6 Å². The van der Waals surface area contributed by atoms with Gasteiger partial charge >= 0.3 is 0 Å². The van der Waals surface area contributed by atoms with Crippen LogP contribution in [-0.2, 0) is 13.1 Å². The standard InChI is InChI=1S/C35H33N5O5/c1-21-26(5-3-7-28(21)33-38-32-30(45-33)11-14-40(15-16-41)35(32)43)27-6-4-8-29(22(27)2)44-34-31-24(9-12-36-34)17-23(18-37-31)19-39-13-10-25(42)20-39/h3-9,11-12,14,17-18,25,41-42H,10,13,15-16,19-20H2,1-2H3/t25-/m1/s1. The highest BCUT2D eigenvalue weighted by atomic mass is 16.5. The second kappa shape index (κ2) is 11.9. The number of β-amino-alcohol motifs (C(OH)–C–C–N with tert-alkyl or cyclic N) is 1. The lowest BCUT2D eigenvalue weighted by Gasteiger charge is -2.16. The summed E-state index contributed by atoms with van der Waals surface area (Å²) in [5.74, 6) is 1.46. The molecular weight excluding hydrogens is 570 g/mol. The first kappa shape index (κ1) is 28.8. The van der Waals surface area contributed by atoms with E-state index in [-0.39, 0.29) is 30.3 Å². The molecule has 0 spiro atoms. The normalized spacial score (nSPS) is 15.3. The van der Waals surface area contributed by atoms with Crippen molar-refractivity contribution in [1.82, 2.24) is 24.4 Å². The molecule has 0 saturated carbocycles. The minimum atomic E-state index is -0.301. The minimum Gasteiger partial charge on any atom is -0.437 e. The molecule has 0 bridgehead atoms. The summed E-state index contributed by atoms with van der Waals surface area (Å²) in [5.41, 5.74) is 6.72. The summed E-state index contributed by atoms with van der Waals surface area (Å²) in [6.45, 7) is 6.38. The van der Waals surface area contributed by atoms with Gasteiger partial charge in [-0.1, -0.05) is 24.3 Å². The van der Waals surface area contributed by atoms with Gasteiger partial charge in [-0.05, 0) is 78.4 Å². The Balaban J connectivity index is 1.20. The van der Waals surface area contributed by atoms with Crippen molar-refractivity contribution in [3.63, 3.8) is 0 Å². The summed E-state index contributed by atoms with van der Waals surface area (Å²) in [6.07, 6.45) is 5.74. The molecule has 10 heteroatoms. The third-order valence-corrected chi connectivity index (χ3v) is 8.48. The van der Waals surface area contributed by atoms with Gasteiger partial charge in [-0.15, -0.1) is 0 Å².